The van der Waals surface area contributed by atoms with Gasteiger partial charge in [-0.15, -0.1) is 0 Å². The van der Waals surface area contributed by atoms with E-state index in [4.69, 9.17) is 21.3 Å². The van der Waals surface area contributed by atoms with Crippen LogP contribution in [-0.4, -0.2) is 78.1 Å². The van der Waals surface area contributed by atoms with Gasteiger partial charge < -0.3 is 24.8 Å². The van der Waals surface area contributed by atoms with Crippen LogP contribution >= 0.6 is 11.6 Å². The van der Waals surface area contributed by atoms with Crippen molar-refractivity contribution < 1.29 is 27.1 Å². The quantitative estimate of drug-likeness (QED) is 0.291. The summed E-state index contributed by atoms with van der Waals surface area (Å²) >= 11 is 6.43. The van der Waals surface area contributed by atoms with Gasteiger partial charge in [0.1, 0.15) is 18.2 Å². The van der Waals surface area contributed by atoms with E-state index in [-0.39, 0.29) is 43.6 Å². The van der Waals surface area contributed by atoms with Crippen LogP contribution < -0.4 is 19.9 Å². The Morgan fingerprint density at radius 2 is 2.02 bits per heavy atom. The Balaban J connectivity index is 1.34. The van der Waals surface area contributed by atoms with Crippen molar-refractivity contribution in [3.05, 3.63) is 64.8 Å². The molecule has 6 rings (SSSR count). The van der Waals surface area contributed by atoms with E-state index < -0.39 is 42.1 Å². The second-order valence-corrected chi connectivity index (χ2v) is 11.9. The van der Waals surface area contributed by atoms with Gasteiger partial charge in [0.05, 0.1) is 42.3 Å². The lowest BCUT2D eigenvalue weighted by Crippen LogP contribution is -2.55. The number of hydrogen-bond donors (Lipinski definition) is 1. The van der Waals surface area contributed by atoms with Gasteiger partial charge in [-0.25, -0.2) is 17.6 Å². The highest BCUT2D eigenvalue weighted by atomic mass is 35.5. The molecule has 9 nitrogen and oxygen atoms in total. The molecule has 2 aromatic carbocycles. The molecule has 3 aliphatic heterocycles. The summed E-state index contributed by atoms with van der Waals surface area (Å²) in [5.41, 5.74) is 2.19. The number of carbonyl (C=O) groups is 1. The summed E-state index contributed by atoms with van der Waals surface area (Å²) in [6.45, 7) is 4.06. The first-order valence-corrected chi connectivity index (χ1v) is 14.9. The first-order chi connectivity index (χ1) is 21.5. The average molecular weight is 644 g/mol. The van der Waals surface area contributed by atoms with Gasteiger partial charge in [0.2, 0.25) is 0 Å². The van der Waals surface area contributed by atoms with E-state index in [0.717, 1.165) is 16.6 Å². The fourth-order valence-corrected chi connectivity index (χ4v) is 6.59. The van der Waals surface area contributed by atoms with Crippen LogP contribution in [0.15, 0.2) is 42.7 Å². The van der Waals surface area contributed by atoms with Crippen LogP contribution in [0.3, 0.4) is 0 Å². The van der Waals surface area contributed by atoms with Crippen LogP contribution in [0, 0.1) is 17.1 Å². The molecule has 0 spiro atoms. The highest BCUT2D eigenvalue weighted by Crippen LogP contribution is 2.38. The van der Waals surface area contributed by atoms with E-state index in [1.54, 1.807) is 6.07 Å². The van der Waals surface area contributed by atoms with Crippen molar-refractivity contribution in [3.8, 4) is 12.1 Å². The zero-order valence-electron chi connectivity index (χ0n) is 24.2. The molecule has 236 valence electrons. The molecule has 1 amide bonds. The Morgan fingerprint density at radius 1 is 1.20 bits per heavy atom. The van der Waals surface area contributed by atoms with E-state index >= 15 is 0 Å². The largest absolute Gasteiger partial charge is 0.462 e. The maximum absolute atomic E-state index is 14.5. The second kappa shape index (κ2) is 12.3. The van der Waals surface area contributed by atoms with Crippen molar-refractivity contribution in [2.45, 2.75) is 43.8 Å². The molecule has 3 aliphatic rings. The lowest BCUT2D eigenvalue weighted by atomic mass is 10.0. The zero-order chi connectivity index (χ0) is 31.9. The van der Waals surface area contributed by atoms with Crippen molar-refractivity contribution in [3.63, 3.8) is 0 Å². The maximum Gasteiger partial charge on any atom is 0.318 e. The molecule has 0 radical (unpaired) electrons. The summed E-state index contributed by atoms with van der Waals surface area (Å²) in [5, 5.41) is 13.6. The number of carbonyl (C=O) groups excluding carboxylic acids is 1. The minimum atomic E-state index is -2.83. The molecule has 2 saturated heterocycles. The number of nitrogens with one attached hydrogen (secondary N) is 1. The smallest absolute Gasteiger partial charge is 0.318 e. The predicted molar refractivity (Wildman–Crippen MR) is 161 cm³/mol. The number of piperazine rings is 1. The lowest BCUT2D eigenvalue weighted by Gasteiger charge is -2.42. The van der Waals surface area contributed by atoms with E-state index in [2.05, 4.69) is 22.9 Å². The minimum Gasteiger partial charge on any atom is -0.462 e. The van der Waals surface area contributed by atoms with Gasteiger partial charge in [0.15, 0.2) is 5.83 Å². The number of ether oxygens (including phenoxy) is 1. The molecular weight excluding hydrogens is 614 g/mol. The second-order valence-electron chi connectivity index (χ2n) is 11.5. The fourth-order valence-electron chi connectivity index (χ4n) is 6.32. The molecule has 0 saturated carbocycles. The molecule has 2 unspecified atom stereocenters. The Morgan fingerprint density at radius 3 is 2.76 bits per heavy atom. The normalized spacial score (nSPS) is 21.0. The molecule has 2 atom stereocenters. The Hall–Kier alpha value is -4.15. The highest BCUT2D eigenvalue weighted by molar-refractivity contribution is 6.36. The van der Waals surface area contributed by atoms with E-state index in [1.165, 1.54) is 11.0 Å². The molecule has 1 aromatic heterocycles. The molecule has 0 aliphatic carbocycles. The number of alkyl halides is 2. The van der Waals surface area contributed by atoms with E-state index in [0.29, 0.717) is 43.0 Å². The standard InChI is InChI=1S/C31H30ClF4N7O2/c1-18(33)29(44)43-12-11-42(14-21(43)7-9-37)28-22-8-10-41(25-4-2-3-19-5-6-23(34)27(32)26(19)25)15-24(22)39-30(40-28)45-16-20-13-31(35,36)17-38-20/h2-6,20-21,38H,1,7-8,10-17H2. The highest BCUT2D eigenvalue weighted by Gasteiger charge is 2.40. The minimum absolute atomic E-state index is 0.00270. The lowest BCUT2D eigenvalue weighted by molar-refractivity contribution is -0.131. The third-order valence-corrected chi connectivity index (χ3v) is 8.86. The number of halogens is 5. The summed E-state index contributed by atoms with van der Waals surface area (Å²) < 4.78 is 61.7. The van der Waals surface area contributed by atoms with Gasteiger partial charge in [-0.2, -0.15) is 15.2 Å². The zero-order valence-corrected chi connectivity index (χ0v) is 25.0. The number of fused-ring (bicyclic) bond motifs is 2. The van der Waals surface area contributed by atoms with Crippen LogP contribution in [0.25, 0.3) is 10.8 Å². The summed E-state index contributed by atoms with van der Waals surface area (Å²) in [6.07, 6.45) is 0.0938. The van der Waals surface area contributed by atoms with Crippen LogP contribution in [0.4, 0.5) is 29.1 Å². The molecule has 3 aromatic rings. The van der Waals surface area contributed by atoms with Gasteiger partial charge in [-0.3, -0.25) is 4.79 Å². The van der Waals surface area contributed by atoms with Crippen molar-refractivity contribution in [1.82, 2.24) is 20.2 Å². The molecule has 45 heavy (non-hydrogen) atoms. The topological polar surface area (TPSA) is 97.6 Å². The number of benzene rings is 2. The van der Waals surface area contributed by atoms with Crippen LogP contribution in [0.2, 0.25) is 5.02 Å². The van der Waals surface area contributed by atoms with Crippen molar-refractivity contribution in [2.24, 2.45) is 0 Å². The molecule has 14 heteroatoms. The number of rotatable bonds is 7. The van der Waals surface area contributed by atoms with Gasteiger partial charge in [-0.05, 0) is 23.9 Å². The third kappa shape index (κ3) is 6.21. The number of nitriles is 1. The van der Waals surface area contributed by atoms with Gasteiger partial charge in [0, 0.05) is 55.3 Å². The van der Waals surface area contributed by atoms with Crippen molar-refractivity contribution in [1.29, 1.82) is 5.26 Å². The molecule has 1 N–H and O–H groups in total. The first-order valence-electron chi connectivity index (χ1n) is 14.6. The summed E-state index contributed by atoms with van der Waals surface area (Å²) in [5.74, 6) is -4.77. The number of anilines is 2. The van der Waals surface area contributed by atoms with Crippen LogP contribution in [0.5, 0.6) is 6.01 Å². The van der Waals surface area contributed by atoms with Crippen LogP contribution in [0.1, 0.15) is 24.1 Å². The summed E-state index contributed by atoms with van der Waals surface area (Å²) in [7, 11) is 0. The number of nitrogens with zero attached hydrogens (tertiary/aromatic N) is 6. The summed E-state index contributed by atoms with van der Waals surface area (Å²) in [6, 6.07) is 9.46. The van der Waals surface area contributed by atoms with Gasteiger partial charge in [-0.1, -0.05) is 36.4 Å². The van der Waals surface area contributed by atoms with Crippen LogP contribution in [-0.2, 0) is 17.8 Å². The predicted octanol–water partition coefficient (Wildman–Crippen LogP) is 4.78. The molecule has 0 bridgehead atoms. The Labute approximate surface area is 262 Å². The molecule has 2 fully saturated rings. The SMILES string of the molecule is C=C(F)C(=O)N1CCN(c2nc(OCC3CC(F)(F)CN3)nc3c2CCN(c2cccc4ccc(F)c(Cl)c24)C3)CC1CC#N. The summed E-state index contributed by atoms with van der Waals surface area (Å²) in [4.78, 5) is 27.1. The Kier molecular flexibility index (Phi) is 8.45. The Bertz CT molecular complexity index is 1700. The van der Waals surface area contributed by atoms with Gasteiger partial charge >= 0.3 is 6.01 Å². The molecule has 4 heterocycles. The van der Waals surface area contributed by atoms with E-state index in [9.17, 15) is 27.6 Å². The monoisotopic (exact) mass is 643 g/mol. The maximum atomic E-state index is 14.5. The fraction of sp³-hybridized carbons (Fsp3) is 0.419. The number of amides is 1. The number of hydrogen-bond acceptors (Lipinski definition) is 8. The van der Waals surface area contributed by atoms with E-state index in [1.807, 2.05) is 28.0 Å². The van der Waals surface area contributed by atoms with Gasteiger partial charge in [0.25, 0.3) is 11.8 Å². The number of aromatic nitrogens is 2. The third-order valence-electron chi connectivity index (χ3n) is 8.49. The van der Waals surface area contributed by atoms with Crippen molar-refractivity contribution in [2.75, 3.05) is 49.1 Å². The van der Waals surface area contributed by atoms with Crippen molar-refractivity contribution >= 4 is 39.8 Å². The average Bonchev–Trinajstić information content (AvgIpc) is 3.38. The first kappa shape index (κ1) is 30.9. The molecular formula is C31H30ClF4N7O2.